The number of hydrogen-bond donors (Lipinski definition) is 2. The summed E-state index contributed by atoms with van der Waals surface area (Å²) in [6, 6.07) is 3.76. The van der Waals surface area contributed by atoms with Gasteiger partial charge in [-0.3, -0.25) is 10.1 Å². The summed E-state index contributed by atoms with van der Waals surface area (Å²) >= 11 is 0. The summed E-state index contributed by atoms with van der Waals surface area (Å²) in [4.78, 5) is 10.5. The van der Waals surface area contributed by atoms with E-state index in [1.54, 1.807) is 0 Å². The van der Waals surface area contributed by atoms with Crippen molar-refractivity contribution in [3.63, 3.8) is 0 Å². The van der Waals surface area contributed by atoms with E-state index in [4.69, 9.17) is 0 Å². The lowest BCUT2D eigenvalue weighted by Crippen LogP contribution is -2.41. The Morgan fingerprint density at radius 3 is 2.74 bits per heavy atom. The fourth-order valence-electron chi connectivity index (χ4n) is 3.10. The zero-order valence-corrected chi connectivity index (χ0v) is 14.1. The van der Waals surface area contributed by atoms with Gasteiger partial charge in [0.2, 0.25) is 0 Å². The Kier molecular flexibility index (Phi) is 4.95. The van der Waals surface area contributed by atoms with E-state index in [-0.39, 0.29) is 22.8 Å². The maximum Gasteiger partial charge on any atom is 0.293 e. The molecule has 0 amide bonds. The number of rotatable bonds is 5. The minimum Gasteiger partial charge on any atom is -0.388 e. The predicted molar refractivity (Wildman–Crippen MR) is 87.3 cm³/mol. The highest BCUT2D eigenvalue weighted by Crippen LogP contribution is 2.34. The maximum absolute atomic E-state index is 11.5. The van der Waals surface area contributed by atoms with E-state index in [0.29, 0.717) is 18.8 Å². The van der Waals surface area contributed by atoms with E-state index >= 15 is 0 Å². The Morgan fingerprint density at radius 2 is 2.17 bits per heavy atom. The van der Waals surface area contributed by atoms with Gasteiger partial charge in [-0.05, 0) is 30.9 Å². The summed E-state index contributed by atoms with van der Waals surface area (Å²) in [5, 5.41) is 24.7. The van der Waals surface area contributed by atoms with Crippen LogP contribution < -0.4 is 5.32 Å². The molecular formula is C15H22N2O5S. The normalized spacial score (nSPS) is 25.1. The number of anilines is 1. The average Bonchev–Trinajstić information content (AvgIpc) is 2.43. The van der Waals surface area contributed by atoms with Crippen molar-refractivity contribution in [3.05, 3.63) is 28.3 Å². The van der Waals surface area contributed by atoms with E-state index in [0.717, 1.165) is 25.2 Å². The highest BCUT2D eigenvalue weighted by molar-refractivity contribution is 7.90. The van der Waals surface area contributed by atoms with Crippen molar-refractivity contribution in [2.75, 3.05) is 18.1 Å². The summed E-state index contributed by atoms with van der Waals surface area (Å²) in [5.41, 5.74) is -0.976. The van der Waals surface area contributed by atoms with Crippen LogP contribution in [0.15, 0.2) is 23.1 Å². The molecule has 1 aliphatic rings. The number of nitro groups is 1. The molecule has 2 atom stereocenters. The zero-order valence-electron chi connectivity index (χ0n) is 13.3. The van der Waals surface area contributed by atoms with Crippen molar-refractivity contribution < 1.29 is 18.4 Å². The highest BCUT2D eigenvalue weighted by Gasteiger charge is 2.33. The molecule has 23 heavy (non-hydrogen) atoms. The number of nitrogens with one attached hydrogen (secondary N) is 1. The van der Waals surface area contributed by atoms with Gasteiger partial charge >= 0.3 is 0 Å². The second-order valence-corrected chi connectivity index (χ2v) is 8.50. The van der Waals surface area contributed by atoms with Crippen LogP contribution in [-0.2, 0) is 9.84 Å². The first-order valence-electron chi connectivity index (χ1n) is 7.55. The monoisotopic (exact) mass is 342 g/mol. The van der Waals surface area contributed by atoms with Gasteiger partial charge in [-0.15, -0.1) is 0 Å². The topological polar surface area (TPSA) is 110 Å². The van der Waals surface area contributed by atoms with Crippen LogP contribution in [0.4, 0.5) is 11.4 Å². The van der Waals surface area contributed by atoms with Crippen molar-refractivity contribution in [3.8, 4) is 0 Å². The van der Waals surface area contributed by atoms with E-state index < -0.39 is 20.4 Å². The molecule has 1 aromatic carbocycles. The molecule has 0 saturated heterocycles. The molecule has 0 aromatic heterocycles. The molecule has 2 rings (SSSR count). The Hall–Kier alpha value is -1.67. The van der Waals surface area contributed by atoms with E-state index in [1.165, 1.54) is 12.1 Å². The minimum atomic E-state index is -3.51. The second kappa shape index (κ2) is 6.45. The van der Waals surface area contributed by atoms with Gasteiger partial charge < -0.3 is 10.4 Å². The summed E-state index contributed by atoms with van der Waals surface area (Å²) in [6.45, 7) is 2.28. The maximum atomic E-state index is 11.5. The summed E-state index contributed by atoms with van der Waals surface area (Å²) < 4.78 is 23.1. The van der Waals surface area contributed by atoms with Gasteiger partial charge in [0.25, 0.3) is 5.69 Å². The highest BCUT2D eigenvalue weighted by atomic mass is 32.2. The van der Waals surface area contributed by atoms with Crippen molar-refractivity contribution in [1.29, 1.82) is 0 Å². The molecule has 0 aliphatic heterocycles. The quantitative estimate of drug-likeness (QED) is 0.628. The van der Waals surface area contributed by atoms with Crippen molar-refractivity contribution in [1.82, 2.24) is 0 Å². The SMILES string of the molecule is CC1CCCC(O)(CNc2ccc(S(C)(=O)=O)cc2[N+](=O)[O-])C1. The van der Waals surface area contributed by atoms with Crippen LogP contribution in [0.3, 0.4) is 0 Å². The van der Waals surface area contributed by atoms with E-state index in [2.05, 4.69) is 12.2 Å². The zero-order chi connectivity index (χ0) is 17.3. The first-order valence-corrected chi connectivity index (χ1v) is 9.45. The van der Waals surface area contributed by atoms with Crippen LogP contribution in [-0.4, -0.2) is 36.8 Å². The average molecular weight is 342 g/mol. The van der Waals surface area contributed by atoms with Gasteiger partial charge in [-0.25, -0.2) is 8.42 Å². The number of benzene rings is 1. The standard InChI is InChI=1S/C15H22N2O5S/c1-11-4-3-7-15(18,9-11)10-16-13-6-5-12(23(2,21)22)8-14(13)17(19)20/h5-6,8,11,16,18H,3-4,7,9-10H2,1-2H3. The lowest BCUT2D eigenvalue weighted by Gasteiger charge is -2.35. The minimum absolute atomic E-state index is 0.0975. The largest absolute Gasteiger partial charge is 0.388 e. The molecule has 0 heterocycles. The van der Waals surface area contributed by atoms with Crippen molar-refractivity contribution in [2.45, 2.75) is 43.1 Å². The molecule has 0 bridgehead atoms. The predicted octanol–water partition coefficient (Wildman–Crippen LogP) is 2.35. The third kappa shape index (κ3) is 4.42. The van der Waals surface area contributed by atoms with Gasteiger partial charge in [0, 0.05) is 18.9 Å². The molecule has 128 valence electrons. The van der Waals surface area contributed by atoms with Gasteiger partial charge in [0.15, 0.2) is 9.84 Å². The Balaban J connectivity index is 2.21. The van der Waals surface area contributed by atoms with Gasteiger partial charge in [0.1, 0.15) is 5.69 Å². The first-order chi connectivity index (χ1) is 10.6. The van der Waals surface area contributed by atoms with Crippen LogP contribution in [0.2, 0.25) is 0 Å². The van der Waals surface area contributed by atoms with Gasteiger partial charge in [-0.2, -0.15) is 0 Å². The molecule has 0 radical (unpaired) electrons. The fourth-order valence-corrected chi connectivity index (χ4v) is 3.74. The van der Waals surface area contributed by atoms with Gasteiger partial charge in [-0.1, -0.05) is 19.8 Å². The van der Waals surface area contributed by atoms with E-state index in [1.807, 2.05) is 0 Å². The Morgan fingerprint density at radius 1 is 1.48 bits per heavy atom. The Labute approximate surface area is 135 Å². The number of aliphatic hydroxyl groups is 1. The number of nitrogens with zero attached hydrogens (tertiary/aromatic N) is 1. The van der Waals surface area contributed by atoms with Crippen LogP contribution >= 0.6 is 0 Å². The van der Waals surface area contributed by atoms with Crippen LogP contribution in [0, 0.1) is 16.0 Å². The second-order valence-electron chi connectivity index (χ2n) is 6.49. The number of nitro benzene ring substituents is 1. The molecule has 1 aromatic rings. The van der Waals surface area contributed by atoms with Crippen molar-refractivity contribution in [2.24, 2.45) is 5.92 Å². The van der Waals surface area contributed by atoms with Gasteiger partial charge in [0.05, 0.1) is 15.4 Å². The van der Waals surface area contributed by atoms with Crippen LogP contribution in [0.25, 0.3) is 0 Å². The molecule has 0 spiro atoms. The molecule has 1 aliphatic carbocycles. The molecule has 2 unspecified atom stereocenters. The molecule has 2 N–H and O–H groups in total. The van der Waals surface area contributed by atoms with Crippen LogP contribution in [0.5, 0.6) is 0 Å². The van der Waals surface area contributed by atoms with E-state index in [9.17, 15) is 23.6 Å². The molecule has 7 nitrogen and oxygen atoms in total. The third-order valence-corrected chi connectivity index (χ3v) is 5.38. The summed E-state index contributed by atoms with van der Waals surface area (Å²) in [5.74, 6) is 0.415. The summed E-state index contributed by atoms with van der Waals surface area (Å²) in [6.07, 6.45) is 4.31. The lowest BCUT2D eigenvalue weighted by atomic mass is 9.79. The van der Waals surface area contributed by atoms with Crippen molar-refractivity contribution >= 4 is 21.2 Å². The molecule has 1 saturated carbocycles. The molecule has 1 fully saturated rings. The summed E-state index contributed by atoms with van der Waals surface area (Å²) in [7, 11) is -3.51. The molecule has 8 heteroatoms. The Bertz CT molecular complexity index is 704. The lowest BCUT2D eigenvalue weighted by molar-refractivity contribution is -0.384. The third-order valence-electron chi connectivity index (χ3n) is 4.27. The van der Waals surface area contributed by atoms with Crippen LogP contribution in [0.1, 0.15) is 32.6 Å². The number of hydrogen-bond acceptors (Lipinski definition) is 6. The number of sulfone groups is 1. The first kappa shape index (κ1) is 17.7. The fraction of sp³-hybridized carbons (Fsp3) is 0.600. The molecular weight excluding hydrogens is 320 g/mol. The smallest absolute Gasteiger partial charge is 0.293 e.